The lowest BCUT2D eigenvalue weighted by molar-refractivity contribution is 0.0275. The Balaban J connectivity index is 1.52. The molecule has 0 spiro atoms. The number of nitrogens with zero attached hydrogens (tertiary/aromatic N) is 3. The lowest BCUT2D eigenvalue weighted by Crippen LogP contribution is -2.36. The molecule has 0 aliphatic carbocycles. The average molecular weight is 486 g/mol. The first kappa shape index (κ1) is 24.4. The van der Waals surface area contributed by atoms with Crippen molar-refractivity contribution in [2.75, 3.05) is 45.4 Å². The van der Waals surface area contributed by atoms with E-state index in [4.69, 9.17) is 23.7 Å². The van der Waals surface area contributed by atoms with E-state index in [0.717, 1.165) is 5.69 Å². The second-order valence-electron chi connectivity index (χ2n) is 9.33. The summed E-state index contributed by atoms with van der Waals surface area (Å²) < 4.78 is 27.6. The summed E-state index contributed by atoms with van der Waals surface area (Å²) in [7, 11) is 2.77. The summed E-state index contributed by atoms with van der Waals surface area (Å²) in [4.78, 5) is 32.6. The number of hydrogen-bond donors (Lipinski definition) is 0. The Hall–Kier alpha value is -3.69. The topological polar surface area (TPSA) is 99.7 Å². The molecule has 10 nitrogen and oxygen atoms in total. The molecule has 2 aliphatic heterocycles. The highest BCUT2D eigenvalue weighted by molar-refractivity contribution is 5.93. The number of esters is 1. The van der Waals surface area contributed by atoms with Gasteiger partial charge in [0.1, 0.15) is 35.4 Å². The summed E-state index contributed by atoms with van der Waals surface area (Å²) in [5, 5.41) is 0. The highest BCUT2D eigenvalue weighted by atomic mass is 16.6. The highest BCUT2D eigenvalue weighted by Crippen LogP contribution is 2.40. The predicted octanol–water partition coefficient (Wildman–Crippen LogP) is 3.80. The van der Waals surface area contributed by atoms with Gasteiger partial charge < -0.3 is 33.5 Å². The minimum Gasteiger partial charge on any atom is -0.490 e. The van der Waals surface area contributed by atoms with E-state index in [-0.39, 0.29) is 23.6 Å². The standard InChI is InChI=1S/C25H31N3O7/c1-25(2,3)35-24(30)27-9-8-18(15-27)34-17-6-7-21-20(13-17)28(10-11-33-21)16-12-19(23(29)32-5)22(31-4)26-14-16/h6-7,12-14,18H,8-11,15H2,1-5H3. The van der Waals surface area contributed by atoms with Crippen LogP contribution < -0.4 is 19.1 Å². The van der Waals surface area contributed by atoms with E-state index in [1.54, 1.807) is 17.2 Å². The normalized spacial score (nSPS) is 17.3. The fraction of sp³-hybridized carbons (Fsp3) is 0.480. The van der Waals surface area contributed by atoms with Gasteiger partial charge in [-0.2, -0.15) is 0 Å². The highest BCUT2D eigenvalue weighted by Gasteiger charge is 2.31. The fourth-order valence-electron chi connectivity index (χ4n) is 4.06. The molecule has 0 N–H and O–H groups in total. The molecule has 1 aromatic carbocycles. The van der Waals surface area contributed by atoms with Crippen LogP contribution in [0.25, 0.3) is 0 Å². The molecule has 1 aromatic heterocycles. The Morgan fingerprint density at radius 1 is 1.14 bits per heavy atom. The number of likely N-dealkylation sites (tertiary alicyclic amines) is 1. The zero-order valence-electron chi connectivity index (χ0n) is 20.7. The average Bonchev–Trinajstić information content (AvgIpc) is 3.30. The third-order valence-electron chi connectivity index (χ3n) is 5.64. The minimum absolute atomic E-state index is 0.146. The molecular weight excluding hydrogens is 454 g/mol. The molecule has 3 heterocycles. The molecule has 4 rings (SSSR count). The van der Waals surface area contributed by atoms with Gasteiger partial charge in [-0.1, -0.05) is 0 Å². The van der Waals surface area contributed by atoms with Gasteiger partial charge in [0.25, 0.3) is 0 Å². The number of fused-ring (bicyclic) bond motifs is 1. The van der Waals surface area contributed by atoms with Crippen molar-refractivity contribution in [1.29, 1.82) is 0 Å². The Labute approximate surface area is 204 Å². The molecule has 35 heavy (non-hydrogen) atoms. The van der Waals surface area contributed by atoms with Crippen LogP contribution in [0.3, 0.4) is 0 Å². The van der Waals surface area contributed by atoms with Crippen LogP contribution in [0.5, 0.6) is 17.4 Å². The van der Waals surface area contributed by atoms with Gasteiger partial charge in [-0.25, -0.2) is 14.6 Å². The quantitative estimate of drug-likeness (QED) is 0.586. The number of rotatable bonds is 5. The van der Waals surface area contributed by atoms with Crippen molar-refractivity contribution in [1.82, 2.24) is 9.88 Å². The van der Waals surface area contributed by atoms with E-state index < -0.39 is 11.6 Å². The maximum Gasteiger partial charge on any atom is 0.410 e. The predicted molar refractivity (Wildman–Crippen MR) is 128 cm³/mol. The molecule has 10 heteroatoms. The van der Waals surface area contributed by atoms with E-state index in [0.29, 0.717) is 49.8 Å². The van der Waals surface area contributed by atoms with Crippen molar-refractivity contribution in [3.63, 3.8) is 0 Å². The van der Waals surface area contributed by atoms with Gasteiger partial charge in [-0.15, -0.1) is 0 Å². The molecule has 0 radical (unpaired) electrons. The largest absolute Gasteiger partial charge is 0.490 e. The first-order valence-electron chi connectivity index (χ1n) is 11.5. The summed E-state index contributed by atoms with van der Waals surface area (Å²) in [5.41, 5.74) is 1.19. The van der Waals surface area contributed by atoms with Crippen LogP contribution in [0.15, 0.2) is 30.5 Å². The van der Waals surface area contributed by atoms with Crippen LogP contribution in [0.4, 0.5) is 16.2 Å². The molecule has 0 saturated carbocycles. The Bertz CT molecular complexity index is 1100. The second-order valence-corrected chi connectivity index (χ2v) is 9.33. The number of amides is 1. The van der Waals surface area contributed by atoms with Crippen molar-refractivity contribution in [2.45, 2.75) is 38.9 Å². The van der Waals surface area contributed by atoms with Gasteiger partial charge in [0.2, 0.25) is 5.88 Å². The third-order valence-corrected chi connectivity index (χ3v) is 5.64. The van der Waals surface area contributed by atoms with Crippen LogP contribution in [0.1, 0.15) is 37.6 Å². The van der Waals surface area contributed by atoms with E-state index >= 15 is 0 Å². The molecule has 1 saturated heterocycles. The molecule has 2 aromatic rings. The van der Waals surface area contributed by atoms with E-state index in [1.807, 2.05) is 43.9 Å². The number of anilines is 2. The molecule has 1 atom stereocenters. The number of benzene rings is 1. The maximum absolute atomic E-state index is 12.4. The lowest BCUT2D eigenvalue weighted by atomic mass is 10.1. The van der Waals surface area contributed by atoms with Crippen LogP contribution in [-0.4, -0.2) is 74.1 Å². The number of aromatic nitrogens is 1. The maximum atomic E-state index is 12.4. The Kier molecular flexibility index (Phi) is 6.90. The molecule has 2 aliphatic rings. The summed E-state index contributed by atoms with van der Waals surface area (Å²) in [6.07, 6.45) is 1.87. The summed E-state index contributed by atoms with van der Waals surface area (Å²) in [6, 6.07) is 7.29. The van der Waals surface area contributed by atoms with Gasteiger partial charge in [0.05, 0.1) is 44.9 Å². The molecular formula is C25H31N3O7. The van der Waals surface area contributed by atoms with Crippen molar-refractivity contribution in [3.8, 4) is 17.4 Å². The van der Waals surface area contributed by atoms with Gasteiger partial charge >= 0.3 is 12.1 Å². The van der Waals surface area contributed by atoms with Gasteiger partial charge in [0.15, 0.2) is 0 Å². The Morgan fingerprint density at radius 3 is 2.66 bits per heavy atom. The SMILES string of the molecule is COC(=O)c1cc(N2CCOc3ccc(OC4CCN(C(=O)OC(C)(C)C)C4)cc32)cnc1OC. The smallest absolute Gasteiger partial charge is 0.410 e. The van der Waals surface area contributed by atoms with Crippen molar-refractivity contribution in [3.05, 3.63) is 36.0 Å². The monoisotopic (exact) mass is 485 g/mol. The molecule has 188 valence electrons. The van der Waals surface area contributed by atoms with Crippen LogP contribution in [-0.2, 0) is 9.47 Å². The molecule has 1 unspecified atom stereocenters. The van der Waals surface area contributed by atoms with Crippen molar-refractivity contribution < 1.29 is 33.3 Å². The van der Waals surface area contributed by atoms with Crippen molar-refractivity contribution in [2.24, 2.45) is 0 Å². The summed E-state index contributed by atoms with van der Waals surface area (Å²) in [5.74, 6) is 1.02. The van der Waals surface area contributed by atoms with Gasteiger partial charge in [-0.05, 0) is 39.0 Å². The molecule has 1 amide bonds. The number of hydrogen-bond acceptors (Lipinski definition) is 9. The van der Waals surface area contributed by atoms with E-state index in [1.165, 1.54) is 14.2 Å². The zero-order chi connectivity index (χ0) is 25.2. The summed E-state index contributed by atoms with van der Waals surface area (Å²) >= 11 is 0. The number of carbonyl (C=O) groups excluding carboxylic acids is 2. The van der Waals surface area contributed by atoms with Gasteiger partial charge in [0, 0.05) is 19.0 Å². The van der Waals surface area contributed by atoms with Crippen molar-refractivity contribution >= 4 is 23.4 Å². The first-order valence-corrected chi connectivity index (χ1v) is 11.5. The number of carbonyl (C=O) groups is 2. The van der Waals surface area contributed by atoms with Crippen LogP contribution >= 0.6 is 0 Å². The fourth-order valence-corrected chi connectivity index (χ4v) is 4.06. The number of ether oxygens (including phenoxy) is 5. The Morgan fingerprint density at radius 2 is 1.94 bits per heavy atom. The van der Waals surface area contributed by atoms with E-state index in [9.17, 15) is 9.59 Å². The minimum atomic E-state index is -0.540. The zero-order valence-corrected chi connectivity index (χ0v) is 20.7. The lowest BCUT2D eigenvalue weighted by Gasteiger charge is -2.32. The van der Waals surface area contributed by atoms with Crippen LogP contribution in [0.2, 0.25) is 0 Å². The number of pyridine rings is 1. The first-order chi connectivity index (χ1) is 16.7. The van der Waals surface area contributed by atoms with E-state index in [2.05, 4.69) is 4.98 Å². The molecule has 1 fully saturated rings. The third kappa shape index (κ3) is 5.52. The summed E-state index contributed by atoms with van der Waals surface area (Å²) in [6.45, 7) is 7.61. The van der Waals surface area contributed by atoms with Gasteiger partial charge in [-0.3, -0.25) is 0 Å². The van der Waals surface area contributed by atoms with Crippen LogP contribution in [0, 0.1) is 0 Å². The number of methoxy groups -OCH3 is 2. The second kappa shape index (κ2) is 9.89. The molecule has 0 bridgehead atoms.